The molecule has 146 valence electrons. The van der Waals surface area contributed by atoms with Gasteiger partial charge in [-0.05, 0) is 49.6 Å². The van der Waals surface area contributed by atoms with Gasteiger partial charge in [0.15, 0.2) is 0 Å². The van der Waals surface area contributed by atoms with Crippen LogP contribution in [0.4, 0.5) is 11.6 Å². The van der Waals surface area contributed by atoms with Crippen molar-refractivity contribution < 1.29 is 0 Å². The van der Waals surface area contributed by atoms with Crippen LogP contribution in [-0.4, -0.2) is 32.5 Å². The number of anilines is 2. The molecule has 0 bridgehead atoms. The summed E-state index contributed by atoms with van der Waals surface area (Å²) in [7, 11) is 0. The van der Waals surface area contributed by atoms with Crippen molar-refractivity contribution in [3.8, 4) is 11.3 Å². The van der Waals surface area contributed by atoms with Gasteiger partial charge in [0.25, 0.3) is 0 Å². The average molecular weight is 377 g/mol. The normalized spacial score (nSPS) is 12.0. The second-order valence-electron chi connectivity index (χ2n) is 6.84. The van der Waals surface area contributed by atoms with E-state index in [0.29, 0.717) is 18.5 Å². The van der Waals surface area contributed by atoms with E-state index < -0.39 is 0 Å². The molecule has 2 aromatic heterocycles. The van der Waals surface area contributed by atoms with Gasteiger partial charge in [0, 0.05) is 24.2 Å². The van der Waals surface area contributed by atoms with Crippen LogP contribution >= 0.6 is 0 Å². The minimum Gasteiger partial charge on any atom is -0.330 e. The Morgan fingerprint density at radius 3 is 2.86 bits per heavy atom. The summed E-state index contributed by atoms with van der Waals surface area (Å²) in [5, 5.41) is 15.1. The zero-order chi connectivity index (χ0) is 19.9. The molecule has 0 spiro atoms. The van der Waals surface area contributed by atoms with Gasteiger partial charge in [-0.25, -0.2) is 9.97 Å². The third-order valence-electron chi connectivity index (χ3n) is 4.73. The van der Waals surface area contributed by atoms with Gasteiger partial charge >= 0.3 is 0 Å². The van der Waals surface area contributed by atoms with Crippen LogP contribution in [0, 0.1) is 12.3 Å². The number of rotatable bonds is 9. The topological polar surface area (TPSA) is 106 Å². The van der Waals surface area contributed by atoms with E-state index in [1.54, 1.807) is 12.4 Å². The smallest absolute Gasteiger partial charge is 0.227 e. The van der Waals surface area contributed by atoms with Gasteiger partial charge < -0.3 is 16.5 Å². The highest BCUT2D eigenvalue weighted by Crippen LogP contribution is 2.23. The van der Waals surface area contributed by atoms with Gasteiger partial charge in [0.2, 0.25) is 5.95 Å². The van der Waals surface area contributed by atoms with Gasteiger partial charge in [-0.15, -0.1) is 0 Å². The summed E-state index contributed by atoms with van der Waals surface area (Å²) in [6, 6.07) is 8.13. The maximum absolute atomic E-state index is 7.43. The molecule has 0 saturated heterocycles. The van der Waals surface area contributed by atoms with Crippen LogP contribution in [0.25, 0.3) is 11.3 Å². The zero-order valence-corrected chi connectivity index (χ0v) is 16.4. The predicted molar refractivity (Wildman–Crippen MR) is 113 cm³/mol. The van der Waals surface area contributed by atoms with Crippen molar-refractivity contribution >= 4 is 17.9 Å². The van der Waals surface area contributed by atoms with Crippen LogP contribution in [0.15, 0.2) is 42.9 Å². The highest BCUT2D eigenvalue weighted by atomic mass is 15.3. The number of aryl methyl sites for hydroxylation is 1. The largest absolute Gasteiger partial charge is 0.330 e. The van der Waals surface area contributed by atoms with Crippen molar-refractivity contribution in [1.82, 2.24) is 19.7 Å². The van der Waals surface area contributed by atoms with E-state index in [2.05, 4.69) is 27.3 Å². The van der Waals surface area contributed by atoms with E-state index in [9.17, 15) is 0 Å². The van der Waals surface area contributed by atoms with Gasteiger partial charge in [0.1, 0.15) is 0 Å². The molecule has 2 heterocycles. The lowest BCUT2D eigenvalue weighted by Crippen LogP contribution is -2.14. The standard InChI is InChI=1S/C21H27N7/c1-3-4-19(7-9-22)28-14-18(13-25-28)26-21-24-10-8-20(27-21)16-5-6-17(12-23)15(2)11-16/h5-6,8,10-14,19,23H,3-4,7,9,22H2,1-2H3,(H,24,26,27). The summed E-state index contributed by atoms with van der Waals surface area (Å²) in [6.07, 6.45) is 9.92. The van der Waals surface area contributed by atoms with Crippen LogP contribution in [0.3, 0.4) is 0 Å². The van der Waals surface area contributed by atoms with Crippen LogP contribution in [0.2, 0.25) is 0 Å². The Morgan fingerprint density at radius 1 is 1.29 bits per heavy atom. The number of nitrogens with zero attached hydrogens (tertiary/aromatic N) is 4. The lowest BCUT2D eigenvalue weighted by Gasteiger charge is -2.15. The van der Waals surface area contributed by atoms with Gasteiger partial charge in [-0.2, -0.15) is 5.10 Å². The molecule has 28 heavy (non-hydrogen) atoms. The maximum atomic E-state index is 7.43. The molecule has 1 atom stereocenters. The Morgan fingerprint density at radius 2 is 2.14 bits per heavy atom. The summed E-state index contributed by atoms with van der Waals surface area (Å²) >= 11 is 0. The first kappa shape index (κ1) is 19.7. The Kier molecular flexibility index (Phi) is 6.49. The number of nitrogens with two attached hydrogens (primary N) is 1. The third-order valence-corrected chi connectivity index (χ3v) is 4.73. The van der Waals surface area contributed by atoms with Crippen molar-refractivity contribution in [3.05, 3.63) is 54.0 Å². The highest BCUT2D eigenvalue weighted by Gasteiger charge is 2.11. The summed E-state index contributed by atoms with van der Waals surface area (Å²) < 4.78 is 1.97. The van der Waals surface area contributed by atoms with Crippen molar-refractivity contribution in [2.45, 2.75) is 39.2 Å². The van der Waals surface area contributed by atoms with Crippen LogP contribution in [0.1, 0.15) is 43.4 Å². The summed E-state index contributed by atoms with van der Waals surface area (Å²) in [4.78, 5) is 8.95. The van der Waals surface area contributed by atoms with Gasteiger partial charge in [0.05, 0.1) is 23.6 Å². The van der Waals surface area contributed by atoms with E-state index in [1.807, 2.05) is 42.1 Å². The molecule has 0 aliphatic rings. The summed E-state index contributed by atoms with van der Waals surface area (Å²) in [6.45, 7) is 4.81. The number of hydrogen-bond acceptors (Lipinski definition) is 6. The highest BCUT2D eigenvalue weighted by molar-refractivity contribution is 5.80. The Bertz CT molecular complexity index is 926. The summed E-state index contributed by atoms with van der Waals surface area (Å²) in [5.74, 6) is 0.525. The number of aromatic nitrogens is 4. The van der Waals surface area contributed by atoms with E-state index in [0.717, 1.165) is 47.3 Å². The van der Waals surface area contributed by atoms with Crippen LogP contribution in [-0.2, 0) is 0 Å². The number of hydrogen-bond donors (Lipinski definition) is 3. The monoisotopic (exact) mass is 377 g/mol. The second kappa shape index (κ2) is 9.23. The molecule has 7 nitrogen and oxygen atoms in total. The lowest BCUT2D eigenvalue weighted by molar-refractivity contribution is 0.400. The van der Waals surface area contributed by atoms with Crippen molar-refractivity contribution in [1.29, 1.82) is 5.41 Å². The molecule has 0 radical (unpaired) electrons. The number of nitrogens with one attached hydrogen (secondary N) is 2. The fourth-order valence-electron chi connectivity index (χ4n) is 3.24. The average Bonchev–Trinajstić information content (AvgIpc) is 3.16. The molecular formula is C21H27N7. The van der Waals surface area contributed by atoms with Crippen LogP contribution < -0.4 is 11.1 Å². The molecule has 1 aromatic carbocycles. The van der Waals surface area contributed by atoms with E-state index in [4.69, 9.17) is 11.1 Å². The molecule has 0 amide bonds. The van der Waals surface area contributed by atoms with Crippen molar-refractivity contribution in [2.24, 2.45) is 5.73 Å². The van der Waals surface area contributed by atoms with Crippen molar-refractivity contribution in [3.63, 3.8) is 0 Å². The molecule has 4 N–H and O–H groups in total. The quantitative estimate of drug-likeness (QED) is 0.487. The van der Waals surface area contributed by atoms with Crippen LogP contribution in [0.5, 0.6) is 0 Å². The minimum atomic E-state index is 0.313. The summed E-state index contributed by atoms with van der Waals surface area (Å²) in [5.41, 5.74) is 10.4. The molecule has 7 heteroatoms. The van der Waals surface area contributed by atoms with Gasteiger partial charge in [-0.1, -0.05) is 25.5 Å². The fourth-order valence-corrected chi connectivity index (χ4v) is 3.24. The fraction of sp³-hybridized carbons (Fsp3) is 0.333. The van der Waals surface area contributed by atoms with Crippen molar-refractivity contribution in [2.75, 3.05) is 11.9 Å². The molecule has 3 rings (SSSR count). The molecule has 0 fully saturated rings. The predicted octanol–water partition coefficient (Wildman–Crippen LogP) is 4.08. The Balaban J connectivity index is 1.78. The lowest BCUT2D eigenvalue weighted by atomic mass is 10.0. The molecule has 1 unspecified atom stereocenters. The minimum absolute atomic E-state index is 0.313. The first-order valence-corrected chi connectivity index (χ1v) is 9.60. The number of benzene rings is 1. The molecular weight excluding hydrogens is 350 g/mol. The first-order chi connectivity index (χ1) is 13.6. The Labute approximate surface area is 165 Å². The molecule has 0 saturated carbocycles. The maximum Gasteiger partial charge on any atom is 0.227 e. The molecule has 3 aromatic rings. The van der Waals surface area contributed by atoms with E-state index >= 15 is 0 Å². The van der Waals surface area contributed by atoms with E-state index in [1.165, 1.54) is 6.21 Å². The third kappa shape index (κ3) is 4.61. The molecule has 0 aliphatic heterocycles. The SMILES string of the molecule is CCCC(CCN)n1cc(Nc2nccc(-c3ccc(C=N)c(C)c3)n2)cn1. The molecule has 0 aliphatic carbocycles. The van der Waals surface area contributed by atoms with Gasteiger partial charge in [-0.3, -0.25) is 4.68 Å². The zero-order valence-electron chi connectivity index (χ0n) is 16.4. The first-order valence-electron chi connectivity index (χ1n) is 9.60. The second-order valence-corrected chi connectivity index (χ2v) is 6.84. The van der Waals surface area contributed by atoms with E-state index in [-0.39, 0.29) is 0 Å². The Hall–Kier alpha value is -3.06.